The summed E-state index contributed by atoms with van der Waals surface area (Å²) in [4.78, 5) is 14.2. The number of hydrogen-bond acceptors (Lipinski definition) is 4. The van der Waals surface area contributed by atoms with Gasteiger partial charge in [-0.1, -0.05) is 5.11 Å². The zero-order valence-electron chi connectivity index (χ0n) is 9.50. The Balaban J connectivity index is 3.46. The van der Waals surface area contributed by atoms with Crippen LogP contribution in [0.1, 0.15) is 13.8 Å². The van der Waals surface area contributed by atoms with Gasteiger partial charge in [-0.05, 0) is 31.0 Å². The van der Waals surface area contributed by atoms with E-state index in [9.17, 15) is 13.2 Å². The van der Waals surface area contributed by atoms with Gasteiger partial charge in [0, 0.05) is 10.5 Å². The molecule has 0 amide bonds. The van der Waals surface area contributed by atoms with Crippen LogP contribution in [0, 0.1) is 0 Å². The zero-order valence-corrected chi connectivity index (χ0v) is 10.3. The number of allylic oxidation sites excluding steroid dienone is 3. The van der Waals surface area contributed by atoms with Gasteiger partial charge in [-0.2, -0.15) is 4.40 Å². The van der Waals surface area contributed by atoms with Crippen LogP contribution in [0.15, 0.2) is 32.4 Å². The zero-order chi connectivity index (χ0) is 13.2. The van der Waals surface area contributed by atoms with E-state index in [-0.39, 0.29) is 11.4 Å². The number of carbonyl (C=O) groups excluding carboxylic acids is 1. The van der Waals surface area contributed by atoms with E-state index in [1.54, 1.807) is 6.92 Å². The molecule has 8 heteroatoms. The highest BCUT2D eigenvalue weighted by molar-refractivity contribution is 7.89. The molecule has 1 aliphatic rings. The molecule has 0 spiro atoms. The van der Waals surface area contributed by atoms with Crippen molar-refractivity contribution in [1.82, 2.24) is 0 Å². The fraction of sp³-hybridized carbons (Fsp3) is 0.333. The third-order valence-corrected chi connectivity index (χ3v) is 2.74. The second-order valence-corrected chi connectivity index (χ2v) is 5.16. The number of Topliss-reactive ketones (excluding diaryl/α,β-unsaturated/α-hetero) is 1. The Morgan fingerprint density at radius 1 is 1.29 bits per heavy atom. The van der Waals surface area contributed by atoms with Gasteiger partial charge in [0.2, 0.25) is 0 Å². The summed E-state index contributed by atoms with van der Waals surface area (Å²) in [5.74, 6) is -0.423. The minimum absolute atomic E-state index is 0.118. The molecule has 7 nitrogen and oxygen atoms in total. The molecule has 0 aromatic rings. The normalized spacial score (nSPS) is 19.1. The van der Waals surface area contributed by atoms with Crippen LogP contribution >= 0.6 is 0 Å². The molecule has 90 valence electrons. The van der Waals surface area contributed by atoms with Crippen molar-refractivity contribution in [2.45, 2.75) is 13.8 Å². The lowest BCUT2D eigenvalue weighted by atomic mass is 9.95. The molecule has 0 saturated heterocycles. The molecule has 0 heterocycles. The lowest BCUT2D eigenvalue weighted by Gasteiger charge is -2.13. The first-order valence-electron chi connectivity index (χ1n) is 4.55. The number of rotatable bonds is 2. The van der Waals surface area contributed by atoms with Crippen molar-refractivity contribution < 1.29 is 13.2 Å². The van der Waals surface area contributed by atoms with E-state index < -0.39 is 15.8 Å². The van der Waals surface area contributed by atoms with Gasteiger partial charge in [-0.3, -0.25) is 4.79 Å². The van der Waals surface area contributed by atoms with Gasteiger partial charge in [0.25, 0.3) is 10.0 Å². The maximum atomic E-state index is 11.6. The smallest absolute Gasteiger partial charge is 0.250 e. The van der Waals surface area contributed by atoms with E-state index in [1.807, 2.05) is 0 Å². The molecule has 0 aliphatic heterocycles. The van der Waals surface area contributed by atoms with E-state index in [0.29, 0.717) is 11.1 Å². The number of carbonyl (C=O) groups is 1. The standard InChI is InChI=1S/C9H10N4O3S/c1-5-6(2)9(14)8(11-13-10)4-7(5)12-17(3,15)16/h4H,1-3H3. The number of ketones is 1. The molecule has 17 heavy (non-hydrogen) atoms. The van der Waals surface area contributed by atoms with Crippen LogP contribution in [0.2, 0.25) is 0 Å². The summed E-state index contributed by atoms with van der Waals surface area (Å²) >= 11 is 0. The van der Waals surface area contributed by atoms with E-state index in [2.05, 4.69) is 14.4 Å². The van der Waals surface area contributed by atoms with Crippen molar-refractivity contribution in [1.29, 1.82) is 0 Å². The number of azide groups is 1. The Bertz CT molecular complexity index is 619. The molecule has 1 rings (SSSR count). The topological polar surface area (TPSA) is 112 Å². The molecule has 0 bridgehead atoms. The monoisotopic (exact) mass is 254 g/mol. The van der Waals surface area contributed by atoms with Crippen LogP contribution in [0.3, 0.4) is 0 Å². The van der Waals surface area contributed by atoms with Crippen LogP contribution in [-0.4, -0.2) is 26.2 Å². The van der Waals surface area contributed by atoms with Gasteiger partial charge in [0.15, 0.2) is 5.78 Å². The van der Waals surface area contributed by atoms with Crippen LogP contribution in [0.5, 0.6) is 0 Å². The summed E-state index contributed by atoms with van der Waals surface area (Å²) in [5.41, 5.74) is 9.03. The number of hydrogen-bond donors (Lipinski definition) is 0. The molecule has 1 aliphatic carbocycles. The average molecular weight is 254 g/mol. The van der Waals surface area contributed by atoms with Gasteiger partial charge in [0.05, 0.1) is 17.7 Å². The Hall–Kier alpha value is -1.92. The van der Waals surface area contributed by atoms with Crippen molar-refractivity contribution in [3.05, 3.63) is 33.4 Å². The first kappa shape index (κ1) is 13.1. The second kappa shape index (κ2) is 4.52. The van der Waals surface area contributed by atoms with E-state index in [4.69, 9.17) is 5.53 Å². The Morgan fingerprint density at radius 2 is 1.88 bits per heavy atom. The van der Waals surface area contributed by atoms with Crippen molar-refractivity contribution >= 4 is 21.5 Å². The fourth-order valence-electron chi connectivity index (χ4n) is 1.25. The van der Waals surface area contributed by atoms with Crippen molar-refractivity contribution in [3.63, 3.8) is 0 Å². The van der Waals surface area contributed by atoms with Gasteiger partial charge >= 0.3 is 0 Å². The van der Waals surface area contributed by atoms with Crippen molar-refractivity contribution in [2.24, 2.45) is 9.51 Å². The molecule has 0 atom stereocenters. The molecule has 0 aromatic carbocycles. The third-order valence-electron chi connectivity index (χ3n) is 2.21. The van der Waals surface area contributed by atoms with Gasteiger partial charge in [-0.25, -0.2) is 8.42 Å². The van der Waals surface area contributed by atoms with Gasteiger partial charge in [-0.15, -0.1) is 0 Å². The summed E-state index contributed by atoms with van der Waals surface area (Å²) in [7, 11) is -3.57. The molecule has 0 saturated carbocycles. The molecule has 0 unspecified atom stereocenters. The summed E-state index contributed by atoms with van der Waals surface area (Å²) in [5, 5.41) is 3.21. The highest BCUT2D eigenvalue weighted by Crippen LogP contribution is 2.21. The minimum atomic E-state index is -3.57. The second-order valence-electron chi connectivity index (χ2n) is 3.51. The molecule has 0 N–H and O–H groups in total. The van der Waals surface area contributed by atoms with Crippen LogP contribution in [0.4, 0.5) is 0 Å². The third kappa shape index (κ3) is 3.02. The maximum Gasteiger partial charge on any atom is 0.250 e. The van der Waals surface area contributed by atoms with Crippen LogP contribution in [-0.2, 0) is 14.8 Å². The fourth-order valence-corrected chi connectivity index (χ4v) is 1.80. The Labute approximate surface area is 98.2 Å². The average Bonchev–Trinajstić information content (AvgIpc) is 2.20. The number of nitrogens with zero attached hydrogens (tertiary/aromatic N) is 4. The highest BCUT2D eigenvalue weighted by atomic mass is 32.2. The molecular weight excluding hydrogens is 244 g/mol. The lowest BCUT2D eigenvalue weighted by molar-refractivity contribution is -0.112. The Kier molecular flexibility index (Phi) is 3.50. The van der Waals surface area contributed by atoms with E-state index in [0.717, 1.165) is 6.26 Å². The van der Waals surface area contributed by atoms with Crippen molar-refractivity contribution in [2.75, 3.05) is 6.26 Å². The van der Waals surface area contributed by atoms with Crippen LogP contribution in [0.25, 0.3) is 10.4 Å². The first-order chi connectivity index (χ1) is 7.76. The summed E-state index contributed by atoms with van der Waals surface area (Å²) < 4.78 is 25.6. The summed E-state index contributed by atoms with van der Waals surface area (Å²) in [6.07, 6.45) is 2.12. The quantitative estimate of drug-likeness (QED) is 0.322. The molecule has 0 radical (unpaired) electrons. The minimum Gasteiger partial charge on any atom is -0.289 e. The van der Waals surface area contributed by atoms with Gasteiger partial charge < -0.3 is 0 Å². The van der Waals surface area contributed by atoms with E-state index in [1.165, 1.54) is 13.0 Å². The summed E-state index contributed by atoms with van der Waals surface area (Å²) in [6, 6.07) is 0. The van der Waals surface area contributed by atoms with Crippen molar-refractivity contribution in [3.8, 4) is 0 Å². The largest absolute Gasteiger partial charge is 0.289 e. The highest BCUT2D eigenvalue weighted by Gasteiger charge is 2.21. The first-order valence-corrected chi connectivity index (χ1v) is 6.40. The van der Waals surface area contributed by atoms with E-state index >= 15 is 0 Å². The number of sulfonamides is 1. The van der Waals surface area contributed by atoms with Gasteiger partial charge in [0.1, 0.15) is 0 Å². The SMILES string of the molecule is CC1=C(C)C(=NS(C)(=O)=O)C=C(N=[N+]=[N-])C1=O. The molecular formula is C9H10N4O3S. The lowest BCUT2D eigenvalue weighted by Crippen LogP contribution is -2.16. The predicted octanol–water partition coefficient (Wildman–Crippen LogP) is 1.50. The molecule has 0 fully saturated rings. The Morgan fingerprint density at radius 3 is 2.35 bits per heavy atom. The predicted molar refractivity (Wildman–Crippen MR) is 62.9 cm³/mol. The summed E-state index contributed by atoms with van der Waals surface area (Å²) in [6.45, 7) is 3.11. The van der Waals surface area contributed by atoms with Crippen LogP contribution < -0.4 is 0 Å². The molecule has 0 aromatic heterocycles. The maximum absolute atomic E-state index is 11.6.